The largest absolute Gasteiger partial charge is 0.317 e. The van der Waals surface area contributed by atoms with Crippen LogP contribution in [0.4, 0.5) is 0 Å². The van der Waals surface area contributed by atoms with E-state index in [1.165, 1.54) is 44.9 Å². The van der Waals surface area contributed by atoms with Crippen molar-refractivity contribution in [1.29, 1.82) is 0 Å². The van der Waals surface area contributed by atoms with E-state index in [0.717, 1.165) is 29.7 Å². The topological polar surface area (TPSA) is 12.0 Å². The predicted molar refractivity (Wildman–Crippen MR) is 73.0 cm³/mol. The highest BCUT2D eigenvalue weighted by Gasteiger charge is 2.42. The molecule has 0 heterocycles. The van der Waals surface area contributed by atoms with Crippen molar-refractivity contribution in [2.75, 3.05) is 7.05 Å². The van der Waals surface area contributed by atoms with Crippen molar-refractivity contribution in [3.63, 3.8) is 0 Å². The van der Waals surface area contributed by atoms with E-state index >= 15 is 0 Å². The Morgan fingerprint density at radius 2 is 1.88 bits per heavy atom. The van der Waals surface area contributed by atoms with Crippen molar-refractivity contribution in [1.82, 2.24) is 5.32 Å². The quantitative estimate of drug-likeness (QED) is 0.760. The van der Waals surface area contributed by atoms with Crippen LogP contribution >= 0.6 is 0 Å². The molecule has 0 radical (unpaired) electrons. The lowest BCUT2D eigenvalue weighted by molar-refractivity contribution is 0.236. The fourth-order valence-corrected chi connectivity index (χ4v) is 5.07. The number of nitrogens with one attached hydrogen (secondary N) is 1. The first-order valence-electron chi connectivity index (χ1n) is 8.04. The van der Waals surface area contributed by atoms with Crippen LogP contribution < -0.4 is 5.32 Å². The summed E-state index contributed by atoms with van der Waals surface area (Å²) in [6.07, 6.45) is 15.2. The predicted octanol–water partition coefficient (Wildman–Crippen LogP) is 3.98. The smallest absolute Gasteiger partial charge is 0.00951 e. The summed E-state index contributed by atoms with van der Waals surface area (Å²) >= 11 is 0. The van der Waals surface area contributed by atoms with E-state index in [1.54, 1.807) is 19.3 Å². The second-order valence-electron chi connectivity index (χ2n) is 6.96. The molecule has 0 aromatic carbocycles. The summed E-state index contributed by atoms with van der Waals surface area (Å²) in [5.41, 5.74) is 0. The molecule has 2 bridgehead atoms. The normalized spacial score (nSPS) is 39.0. The molecular weight excluding hydrogens is 206 g/mol. The van der Waals surface area contributed by atoms with Crippen molar-refractivity contribution >= 4 is 0 Å². The van der Waals surface area contributed by atoms with Crippen molar-refractivity contribution in [2.24, 2.45) is 23.7 Å². The Kier molecular flexibility index (Phi) is 3.75. The number of rotatable bonds is 5. The average Bonchev–Trinajstić information content (AvgIpc) is 3.07. The van der Waals surface area contributed by atoms with Gasteiger partial charge in [0, 0.05) is 6.04 Å². The minimum atomic E-state index is 0.839. The summed E-state index contributed by atoms with van der Waals surface area (Å²) in [5.74, 6) is 4.29. The maximum atomic E-state index is 3.65. The molecule has 0 saturated heterocycles. The van der Waals surface area contributed by atoms with E-state index in [1.807, 2.05) is 0 Å². The van der Waals surface area contributed by atoms with Crippen LogP contribution in [0.1, 0.15) is 64.2 Å². The molecular formula is C16H29N. The molecule has 1 heteroatoms. The minimum Gasteiger partial charge on any atom is -0.317 e. The molecule has 0 spiro atoms. The highest BCUT2D eigenvalue weighted by Crippen LogP contribution is 2.50. The van der Waals surface area contributed by atoms with Crippen LogP contribution in [0, 0.1) is 23.7 Å². The zero-order chi connectivity index (χ0) is 11.7. The van der Waals surface area contributed by atoms with Crippen molar-refractivity contribution < 1.29 is 0 Å². The Morgan fingerprint density at radius 3 is 2.47 bits per heavy atom. The molecule has 1 nitrogen and oxygen atoms in total. The fourth-order valence-electron chi connectivity index (χ4n) is 5.07. The number of hydrogen-bond donors (Lipinski definition) is 1. The molecule has 0 aliphatic heterocycles. The van der Waals surface area contributed by atoms with E-state index in [4.69, 9.17) is 0 Å². The second-order valence-corrected chi connectivity index (χ2v) is 6.96. The van der Waals surface area contributed by atoms with Gasteiger partial charge in [0.25, 0.3) is 0 Å². The van der Waals surface area contributed by atoms with Crippen LogP contribution in [-0.2, 0) is 0 Å². The molecule has 0 amide bonds. The summed E-state index contributed by atoms with van der Waals surface area (Å²) in [6.45, 7) is 0. The third-order valence-corrected chi connectivity index (χ3v) is 6.04. The first-order valence-corrected chi connectivity index (χ1v) is 8.04. The van der Waals surface area contributed by atoms with E-state index in [9.17, 15) is 0 Å². The average molecular weight is 235 g/mol. The van der Waals surface area contributed by atoms with Gasteiger partial charge in [0.2, 0.25) is 0 Å². The van der Waals surface area contributed by atoms with Gasteiger partial charge < -0.3 is 5.32 Å². The molecule has 3 saturated carbocycles. The fraction of sp³-hybridized carbons (Fsp3) is 1.00. The van der Waals surface area contributed by atoms with Gasteiger partial charge in [-0.1, -0.05) is 32.1 Å². The molecule has 1 N–H and O–H groups in total. The van der Waals surface area contributed by atoms with E-state index in [2.05, 4.69) is 12.4 Å². The highest BCUT2D eigenvalue weighted by molar-refractivity contribution is 4.95. The third kappa shape index (κ3) is 2.54. The van der Waals surface area contributed by atoms with Crippen LogP contribution in [0.2, 0.25) is 0 Å². The summed E-state index contributed by atoms with van der Waals surface area (Å²) in [4.78, 5) is 0. The maximum Gasteiger partial charge on any atom is 0.00951 e. The standard InChI is InChI=1S/C16H29N/c1-17-16(9-7-12-4-2-3-5-12)15-11-13-6-8-14(15)10-13/h12-17H,2-11H2,1H3. The van der Waals surface area contributed by atoms with Crippen LogP contribution in [0.3, 0.4) is 0 Å². The summed E-state index contributed by atoms with van der Waals surface area (Å²) in [5, 5.41) is 3.65. The van der Waals surface area contributed by atoms with Gasteiger partial charge in [0.15, 0.2) is 0 Å². The molecule has 3 fully saturated rings. The molecule has 3 aliphatic rings. The van der Waals surface area contributed by atoms with Crippen molar-refractivity contribution in [2.45, 2.75) is 70.3 Å². The van der Waals surface area contributed by atoms with E-state index in [-0.39, 0.29) is 0 Å². The monoisotopic (exact) mass is 235 g/mol. The first kappa shape index (κ1) is 12.0. The van der Waals surface area contributed by atoms with Gasteiger partial charge >= 0.3 is 0 Å². The summed E-state index contributed by atoms with van der Waals surface area (Å²) in [7, 11) is 2.20. The Balaban J connectivity index is 1.49. The SMILES string of the molecule is CNC(CCC1CCCC1)C1CC2CCC1C2. The van der Waals surface area contributed by atoms with Crippen LogP contribution in [0.15, 0.2) is 0 Å². The molecule has 17 heavy (non-hydrogen) atoms. The summed E-state index contributed by atoms with van der Waals surface area (Å²) < 4.78 is 0. The Hall–Kier alpha value is -0.0400. The number of hydrogen-bond acceptors (Lipinski definition) is 1. The second kappa shape index (κ2) is 5.30. The lowest BCUT2D eigenvalue weighted by Gasteiger charge is -2.31. The molecule has 4 unspecified atom stereocenters. The molecule has 0 aromatic rings. The minimum absolute atomic E-state index is 0.839. The number of fused-ring (bicyclic) bond motifs is 2. The van der Waals surface area contributed by atoms with Crippen LogP contribution in [0.5, 0.6) is 0 Å². The lowest BCUT2D eigenvalue weighted by atomic mass is 9.80. The highest BCUT2D eigenvalue weighted by atomic mass is 14.9. The van der Waals surface area contributed by atoms with E-state index in [0.29, 0.717) is 0 Å². The van der Waals surface area contributed by atoms with Gasteiger partial charge in [-0.05, 0) is 62.8 Å². The summed E-state index contributed by atoms with van der Waals surface area (Å²) in [6, 6.07) is 0.839. The Morgan fingerprint density at radius 1 is 1.06 bits per heavy atom. The Labute approximate surface area is 107 Å². The van der Waals surface area contributed by atoms with Gasteiger partial charge in [-0.2, -0.15) is 0 Å². The zero-order valence-electron chi connectivity index (χ0n) is 11.5. The molecule has 4 atom stereocenters. The molecule has 3 aliphatic carbocycles. The third-order valence-electron chi connectivity index (χ3n) is 6.04. The first-order chi connectivity index (χ1) is 8.36. The van der Waals surface area contributed by atoms with E-state index < -0.39 is 0 Å². The van der Waals surface area contributed by atoms with Crippen molar-refractivity contribution in [3.8, 4) is 0 Å². The van der Waals surface area contributed by atoms with Gasteiger partial charge in [-0.3, -0.25) is 0 Å². The van der Waals surface area contributed by atoms with Crippen molar-refractivity contribution in [3.05, 3.63) is 0 Å². The zero-order valence-corrected chi connectivity index (χ0v) is 11.5. The molecule has 3 rings (SSSR count). The lowest BCUT2D eigenvalue weighted by Crippen LogP contribution is -2.36. The van der Waals surface area contributed by atoms with Gasteiger partial charge in [0.05, 0.1) is 0 Å². The molecule has 0 aromatic heterocycles. The van der Waals surface area contributed by atoms with Crippen LogP contribution in [0.25, 0.3) is 0 Å². The van der Waals surface area contributed by atoms with Gasteiger partial charge in [-0.15, -0.1) is 0 Å². The van der Waals surface area contributed by atoms with Crippen LogP contribution in [-0.4, -0.2) is 13.1 Å². The van der Waals surface area contributed by atoms with Gasteiger partial charge in [0.1, 0.15) is 0 Å². The molecule has 98 valence electrons. The van der Waals surface area contributed by atoms with Gasteiger partial charge in [-0.25, -0.2) is 0 Å². The maximum absolute atomic E-state index is 3.65. The Bertz CT molecular complexity index is 244.